The molecular formula is C19H15FINO4S. The number of nitrogens with zero attached hydrogens (tertiary/aromatic N) is 1. The van der Waals surface area contributed by atoms with E-state index in [0.29, 0.717) is 22.0 Å². The van der Waals surface area contributed by atoms with E-state index >= 15 is 0 Å². The maximum atomic E-state index is 13.0. The van der Waals surface area contributed by atoms with E-state index in [9.17, 15) is 14.0 Å². The highest BCUT2D eigenvalue weighted by molar-refractivity contribution is 14.1. The molecule has 1 aliphatic heterocycles. The largest absolute Gasteiger partial charge is 0.493 e. The Labute approximate surface area is 173 Å². The van der Waals surface area contributed by atoms with Gasteiger partial charge in [-0.3, -0.25) is 14.5 Å². The molecule has 2 aromatic rings. The summed E-state index contributed by atoms with van der Waals surface area (Å²) in [4.78, 5) is 26.4. The van der Waals surface area contributed by atoms with E-state index in [1.54, 1.807) is 31.4 Å². The molecule has 1 heterocycles. The zero-order valence-corrected chi connectivity index (χ0v) is 17.5. The normalized spacial score (nSPS) is 15.6. The molecule has 3 rings (SSSR count). The zero-order valence-electron chi connectivity index (χ0n) is 14.5. The number of hydrogen-bond donors (Lipinski definition) is 0. The van der Waals surface area contributed by atoms with Crippen molar-refractivity contribution in [3.63, 3.8) is 0 Å². The summed E-state index contributed by atoms with van der Waals surface area (Å²) in [7, 11) is 3.09. The van der Waals surface area contributed by atoms with Gasteiger partial charge in [-0.15, -0.1) is 0 Å². The summed E-state index contributed by atoms with van der Waals surface area (Å²) >= 11 is 3.00. The molecule has 8 heteroatoms. The highest BCUT2D eigenvalue weighted by atomic mass is 127. The van der Waals surface area contributed by atoms with Gasteiger partial charge < -0.3 is 9.47 Å². The van der Waals surface area contributed by atoms with Gasteiger partial charge in [0.25, 0.3) is 11.1 Å². The predicted molar refractivity (Wildman–Crippen MR) is 110 cm³/mol. The minimum Gasteiger partial charge on any atom is -0.493 e. The van der Waals surface area contributed by atoms with Gasteiger partial charge in [0.05, 0.1) is 29.2 Å². The van der Waals surface area contributed by atoms with Crippen LogP contribution >= 0.6 is 34.4 Å². The first-order valence-electron chi connectivity index (χ1n) is 7.84. The molecule has 2 aromatic carbocycles. The Kier molecular flexibility index (Phi) is 6.05. The second-order valence-electron chi connectivity index (χ2n) is 5.63. The van der Waals surface area contributed by atoms with Crippen LogP contribution in [0.4, 0.5) is 9.18 Å². The number of carbonyl (C=O) groups excluding carboxylic acids is 2. The van der Waals surface area contributed by atoms with Gasteiger partial charge in [0.1, 0.15) is 5.82 Å². The van der Waals surface area contributed by atoms with Crippen LogP contribution in [0.5, 0.6) is 11.5 Å². The smallest absolute Gasteiger partial charge is 0.293 e. The Bertz CT molecular complexity index is 930. The number of rotatable bonds is 5. The van der Waals surface area contributed by atoms with Crippen molar-refractivity contribution in [2.75, 3.05) is 14.2 Å². The first-order chi connectivity index (χ1) is 12.9. The van der Waals surface area contributed by atoms with Crippen molar-refractivity contribution in [2.45, 2.75) is 6.54 Å². The fourth-order valence-electron chi connectivity index (χ4n) is 2.58. The first kappa shape index (κ1) is 19.7. The highest BCUT2D eigenvalue weighted by Gasteiger charge is 2.35. The third-order valence-electron chi connectivity index (χ3n) is 3.88. The Morgan fingerprint density at radius 1 is 1.15 bits per heavy atom. The van der Waals surface area contributed by atoms with Crippen molar-refractivity contribution >= 4 is 51.6 Å². The second kappa shape index (κ2) is 8.30. The van der Waals surface area contributed by atoms with Gasteiger partial charge in [0.2, 0.25) is 0 Å². The molecule has 0 radical (unpaired) electrons. The second-order valence-corrected chi connectivity index (χ2v) is 7.79. The molecule has 1 aliphatic rings. The average Bonchev–Trinajstić information content (AvgIpc) is 2.90. The molecule has 1 fully saturated rings. The van der Waals surface area contributed by atoms with Gasteiger partial charge >= 0.3 is 0 Å². The monoisotopic (exact) mass is 499 g/mol. The van der Waals surface area contributed by atoms with E-state index in [1.807, 2.05) is 6.07 Å². The number of amides is 2. The number of halogens is 2. The van der Waals surface area contributed by atoms with Crippen LogP contribution in [0.25, 0.3) is 6.08 Å². The van der Waals surface area contributed by atoms with Crippen molar-refractivity contribution in [3.05, 3.63) is 61.8 Å². The maximum absolute atomic E-state index is 13.0. The molecule has 0 aromatic heterocycles. The summed E-state index contributed by atoms with van der Waals surface area (Å²) in [5.41, 5.74) is 1.41. The summed E-state index contributed by atoms with van der Waals surface area (Å²) in [5.74, 6) is 0.413. The molecule has 0 aliphatic carbocycles. The Morgan fingerprint density at radius 3 is 2.48 bits per heavy atom. The summed E-state index contributed by atoms with van der Waals surface area (Å²) in [6.45, 7) is 0.103. The number of benzene rings is 2. The van der Waals surface area contributed by atoms with Crippen LogP contribution in [0, 0.1) is 9.39 Å². The lowest BCUT2D eigenvalue weighted by Gasteiger charge is -2.12. The third-order valence-corrected chi connectivity index (χ3v) is 5.59. The molecule has 5 nitrogen and oxygen atoms in total. The first-order valence-corrected chi connectivity index (χ1v) is 9.73. The maximum Gasteiger partial charge on any atom is 0.293 e. The summed E-state index contributed by atoms with van der Waals surface area (Å²) < 4.78 is 24.5. The SMILES string of the molecule is COc1cc(/C=C2\SC(=O)N(Cc3ccc(F)cc3)C2=O)cc(I)c1OC. The molecule has 0 unspecified atom stereocenters. The summed E-state index contributed by atoms with van der Waals surface area (Å²) in [6.07, 6.45) is 1.65. The van der Waals surface area contributed by atoms with E-state index in [0.717, 1.165) is 25.8 Å². The Morgan fingerprint density at radius 2 is 1.85 bits per heavy atom. The van der Waals surface area contributed by atoms with Crippen LogP contribution in [0.1, 0.15) is 11.1 Å². The van der Waals surface area contributed by atoms with Crippen LogP contribution in [0.2, 0.25) is 0 Å². The van der Waals surface area contributed by atoms with Crippen LogP contribution in [-0.4, -0.2) is 30.3 Å². The average molecular weight is 499 g/mol. The third kappa shape index (κ3) is 4.27. The molecular weight excluding hydrogens is 484 g/mol. The molecule has 0 bridgehead atoms. The van der Waals surface area contributed by atoms with E-state index in [-0.39, 0.29) is 23.5 Å². The van der Waals surface area contributed by atoms with Gasteiger partial charge in [-0.1, -0.05) is 12.1 Å². The Balaban J connectivity index is 1.86. The Hall–Kier alpha value is -2.07. The highest BCUT2D eigenvalue weighted by Crippen LogP contribution is 2.37. The van der Waals surface area contributed by atoms with E-state index in [4.69, 9.17) is 9.47 Å². The van der Waals surface area contributed by atoms with Crippen LogP contribution < -0.4 is 9.47 Å². The van der Waals surface area contributed by atoms with Crippen molar-refractivity contribution in [2.24, 2.45) is 0 Å². The molecule has 2 amide bonds. The number of hydrogen-bond acceptors (Lipinski definition) is 5. The van der Waals surface area contributed by atoms with Crippen LogP contribution in [0.15, 0.2) is 41.3 Å². The quantitative estimate of drug-likeness (QED) is 0.442. The summed E-state index contributed by atoms with van der Waals surface area (Å²) in [5, 5.41) is -0.356. The molecule has 1 saturated heterocycles. The standard InChI is InChI=1S/C19H15FINO4S/c1-25-15-8-12(7-14(21)17(15)26-2)9-16-18(23)22(19(24)27-16)10-11-3-5-13(20)6-4-11/h3-9H,10H2,1-2H3/b16-9-. The fraction of sp³-hybridized carbons (Fsp3) is 0.158. The lowest BCUT2D eigenvalue weighted by molar-refractivity contribution is -0.123. The van der Waals surface area contributed by atoms with Gasteiger partial charge in [0, 0.05) is 0 Å². The van der Waals surface area contributed by atoms with Crippen LogP contribution in [-0.2, 0) is 11.3 Å². The number of ether oxygens (including phenoxy) is 2. The molecule has 140 valence electrons. The molecule has 27 heavy (non-hydrogen) atoms. The van der Waals surface area contributed by atoms with Crippen LogP contribution in [0.3, 0.4) is 0 Å². The fourth-order valence-corrected chi connectivity index (χ4v) is 4.27. The van der Waals surface area contributed by atoms with Gasteiger partial charge in [-0.2, -0.15) is 0 Å². The zero-order chi connectivity index (χ0) is 19.6. The van der Waals surface area contributed by atoms with E-state index in [2.05, 4.69) is 22.6 Å². The van der Waals surface area contributed by atoms with Gasteiger partial charge in [-0.25, -0.2) is 4.39 Å². The van der Waals surface area contributed by atoms with Crippen molar-refractivity contribution < 1.29 is 23.5 Å². The lowest BCUT2D eigenvalue weighted by Crippen LogP contribution is -2.27. The van der Waals surface area contributed by atoms with Crippen molar-refractivity contribution in [1.29, 1.82) is 0 Å². The van der Waals surface area contributed by atoms with E-state index < -0.39 is 0 Å². The number of methoxy groups -OCH3 is 2. The molecule has 0 atom stereocenters. The minimum absolute atomic E-state index is 0.103. The minimum atomic E-state index is -0.376. The molecule has 0 saturated carbocycles. The van der Waals surface area contributed by atoms with Gasteiger partial charge in [0.15, 0.2) is 11.5 Å². The molecule has 0 N–H and O–H groups in total. The van der Waals surface area contributed by atoms with Crippen molar-refractivity contribution in [1.82, 2.24) is 4.90 Å². The topological polar surface area (TPSA) is 55.8 Å². The van der Waals surface area contributed by atoms with Crippen molar-refractivity contribution in [3.8, 4) is 11.5 Å². The lowest BCUT2D eigenvalue weighted by atomic mass is 10.1. The number of thioether (sulfide) groups is 1. The van der Waals surface area contributed by atoms with E-state index in [1.165, 1.54) is 19.2 Å². The number of carbonyl (C=O) groups is 2. The van der Waals surface area contributed by atoms with Gasteiger partial charge in [-0.05, 0) is 75.8 Å². The number of imide groups is 1. The molecule has 0 spiro atoms. The predicted octanol–water partition coefficient (Wildman–Crippen LogP) is 4.68. The summed E-state index contributed by atoms with van der Waals surface area (Å²) in [6, 6.07) is 9.30.